The Labute approximate surface area is 112 Å². The van der Waals surface area contributed by atoms with Crippen LogP contribution in [0.15, 0.2) is 24.3 Å². The number of amides is 1. The summed E-state index contributed by atoms with van der Waals surface area (Å²) in [6.07, 6.45) is 1.93. The monoisotopic (exact) mass is 259 g/mol. The maximum atomic E-state index is 12.1. The van der Waals surface area contributed by atoms with Crippen molar-refractivity contribution in [3.05, 3.63) is 35.4 Å². The van der Waals surface area contributed by atoms with Crippen molar-refractivity contribution in [3.63, 3.8) is 0 Å². The van der Waals surface area contributed by atoms with Crippen LogP contribution in [0, 0.1) is 11.8 Å². The van der Waals surface area contributed by atoms with E-state index in [1.165, 1.54) is 0 Å². The van der Waals surface area contributed by atoms with Gasteiger partial charge < -0.3 is 15.2 Å². The van der Waals surface area contributed by atoms with Crippen molar-refractivity contribution >= 4 is 5.91 Å². The molecule has 1 fully saturated rings. The fraction of sp³-hybridized carbons (Fsp3) is 0.400. The van der Waals surface area contributed by atoms with Gasteiger partial charge in [-0.25, -0.2) is 0 Å². The van der Waals surface area contributed by atoms with E-state index in [-0.39, 0.29) is 18.6 Å². The summed E-state index contributed by atoms with van der Waals surface area (Å²) < 4.78 is 5.33. The smallest absolute Gasteiger partial charge is 0.251 e. The van der Waals surface area contributed by atoms with Crippen molar-refractivity contribution < 1.29 is 14.6 Å². The summed E-state index contributed by atoms with van der Waals surface area (Å²) in [4.78, 5) is 12.1. The van der Waals surface area contributed by atoms with Crippen LogP contribution < -0.4 is 5.32 Å². The molecule has 1 aliphatic heterocycles. The number of rotatable bonds is 2. The summed E-state index contributed by atoms with van der Waals surface area (Å²) in [5.41, 5.74) is 1.30. The lowest BCUT2D eigenvalue weighted by atomic mass is 10.1. The third-order valence-electron chi connectivity index (χ3n) is 2.93. The molecule has 0 radical (unpaired) electrons. The first-order valence-electron chi connectivity index (χ1n) is 6.38. The van der Waals surface area contributed by atoms with Gasteiger partial charge >= 0.3 is 0 Å². The summed E-state index contributed by atoms with van der Waals surface area (Å²) >= 11 is 0. The van der Waals surface area contributed by atoms with Crippen LogP contribution in [0.25, 0.3) is 0 Å². The molecule has 0 spiro atoms. The van der Waals surface area contributed by atoms with E-state index in [0.717, 1.165) is 25.0 Å². The quantitative estimate of drug-likeness (QED) is 0.777. The van der Waals surface area contributed by atoms with Gasteiger partial charge in [0.05, 0.1) is 12.6 Å². The zero-order valence-electron chi connectivity index (χ0n) is 10.7. The van der Waals surface area contributed by atoms with E-state index in [1.54, 1.807) is 18.2 Å². The number of aliphatic hydroxyl groups excluding tert-OH is 1. The number of ether oxygens (including phenoxy) is 1. The van der Waals surface area contributed by atoms with E-state index >= 15 is 0 Å². The van der Waals surface area contributed by atoms with Gasteiger partial charge in [0, 0.05) is 17.7 Å². The fourth-order valence-electron chi connectivity index (χ4n) is 2.00. The van der Waals surface area contributed by atoms with Gasteiger partial charge in [0.15, 0.2) is 0 Å². The zero-order valence-corrected chi connectivity index (χ0v) is 10.7. The van der Waals surface area contributed by atoms with Gasteiger partial charge in [-0.2, -0.15) is 0 Å². The highest BCUT2D eigenvalue weighted by Gasteiger charge is 2.16. The zero-order chi connectivity index (χ0) is 13.5. The normalized spacial score (nSPS) is 18.3. The number of hydrogen-bond acceptors (Lipinski definition) is 3. The van der Waals surface area contributed by atoms with Crippen LogP contribution in [0.1, 0.15) is 28.8 Å². The Bertz CT molecular complexity index is 496. The summed E-state index contributed by atoms with van der Waals surface area (Å²) in [5.74, 6) is 5.25. The number of nitrogens with one attached hydrogen (secondary N) is 1. The van der Waals surface area contributed by atoms with Crippen molar-refractivity contribution in [2.45, 2.75) is 18.9 Å². The van der Waals surface area contributed by atoms with Crippen molar-refractivity contribution in [1.29, 1.82) is 0 Å². The summed E-state index contributed by atoms with van der Waals surface area (Å²) in [6.45, 7) is 1.17. The molecule has 1 atom stereocenters. The molecule has 0 saturated carbocycles. The first-order valence-corrected chi connectivity index (χ1v) is 6.38. The number of hydrogen-bond donors (Lipinski definition) is 2. The number of aliphatic hydroxyl groups is 1. The minimum absolute atomic E-state index is 0.0911. The van der Waals surface area contributed by atoms with Gasteiger partial charge in [-0.3, -0.25) is 4.79 Å². The number of carbonyl (C=O) groups excluding carboxylic acids is 1. The second-order valence-corrected chi connectivity index (χ2v) is 4.43. The predicted molar refractivity (Wildman–Crippen MR) is 71.7 cm³/mol. The molecule has 4 nitrogen and oxygen atoms in total. The molecule has 19 heavy (non-hydrogen) atoms. The first-order chi connectivity index (χ1) is 9.29. The third kappa shape index (κ3) is 4.09. The molecule has 1 aromatic rings. The average molecular weight is 259 g/mol. The Balaban J connectivity index is 2.01. The van der Waals surface area contributed by atoms with Crippen LogP contribution in [0.5, 0.6) is 0 Å². The van der Waals surface area contributed by atoms with Crippen LogP contribution >= 0.6 is 0 Å². The second kappa shape index (κ2) is 6.93. The molecule has 0 bridgehead atoms. The van der Waals surface area contributed by atoms with E-state index in [0.29, 0.717) is 12.2 Å². The van der Waals surface area contributed by atoms with Crippen LogP contribution in [-0.2, 0) is 4.74 Å². The maximum Gasteiger partial charge on any atom is 0.251 e. The molecule has 2 rings (SSSR count). The Morgan fingerprint density at radius 3 is 3.16 bits per heavy atom. The van der Waals surface area contributed by atoms with E-state index < -0.39 is 0 Å². The molecular formula is C15H17NO3. The van der Waals surface area contributed by atoms with Gasteiger partial charge in [0.2, 0.25) is 0 Å². The molecular weight excluding hydrogens is 242 g/mol. The highest BCUT2D eigenvalue weighted by Crippen LogP contribution is 2.09. The first kappa shape index (κ1) is 13.6. The highest BCUT2D eigenvalue weighted by molar-refractivity contribution is 5.94. The lowest BCUT2D eigenvalue weighted by Crippen LogP contribution is -2.40. The second-order valence-electron chi connectivity index (χ2n) is 4.43. The Kier molecular flexibility index (Phi) is 4.96. The van der Waals surface area contributed by atoms with Crippen LogP contribution in [-0.4, -0.2) is 36.9 Å². The van der Waals surface area contributed by atoms with Crippen LogP contribution in [0.2, 0.25) is 0 Å². The van der Waals surface area contributed by atoms with E-state index in [9.17, 15) is 4.79 Å². The molecule has 1 aromatic carbocycles. The SMILES string of the molecule is O=C(NC1CCCOC1)c1cccc(C#CCO)c1. The molecule has 0 aromatic heterocycles. The van der Waals surface area contributed by atoms with Gasteiger partial charge in [-0.1, -0.05) is 17.9 Å². The lowest BCUT2D eigenvalue weighted by Gasteiger charge is -2.23. The van der Waals surface area contributed by atoms with Gasteiger partial charge in [0.1, 0.15) is 6.61 Å². The Morgan fingerprint density at radius 2 is 2.42 bits per heavy atom. The minimum Gasteiger partial charge on any atom is -0.384 e. The topological polar surface area (TPSA) is 58.6 Å². The molecule has 1 saturated heterocycles. The molecule has 100 valence electrons. The predicted octanol–water partition coefficient (Wildman–Crippen LogP) is 0.939. The lowest BCUT2D eigenvalue weighted by molar-refractivity contribution is 0.0624. The average Bonchev–Trinajstić information content (AvgIpc) is 2.46. The summed E-state index contributed by atoms with van der Waals surface area (Å²) in [6, 6.07) is 7.16. The fourth-order valence-corrected chi connectivity index (χ4v) is 2.00. The van der Waals surface area contributed by atoms with E-state index in [1.807, 2.05) is 6.07 Å². The maximum absolute atomic E-state index is 12.1. The standard InChI is InChI=1S/C15H17NO3/c17-8-2-5-12-4-1-6-13(10-12)15(18)16-14-7-3-9-19-11-14/h1,4,6,10,14,17H,3,7-9,11H2,(H,16,18). The molecule has 1 amide bonds. The van der Waals surface area contributed by atoms with Crippen molar-refractivity contribution in [1.82, 2.24) is 5.32 Å². The molecule has 4 heteroatoms. The van der Waals surface area contributed by atoms with Crippen LogP contribution in [0.3, 0.4) is 0 Å². The van der Waals surface area contributed by atoms with Gasteiger partial charge in [-0.15, -0.1) is 0 Å². The Hall–Kier alpha value is -1.83. The Morgan fingerprint density at radius 1 is 1.53 bits per heavy atom. The van der Waals surface area contributed by atoms with Gasteiger partial charge in [-0.05, 0) is 31.0 Å². The molecule has 1 heterocycles. The van der Waals surface area contributed by atoms with E-state index in [4.69, 9.17) is 9.84 Å². The largest absolute Gasteiger partial charge is 0.384 e. The third-order valence-corrected chi connectivity index (χ3v) is 2.93. The minimum atomic E-state index is -0.185. The van der Waals surface area contributed by atoms with Crippen LogP contribution in [0.4, 0.5) is 0 Å². The van der Waals surface area contributed by atoms with E-state index in [2.05, 4.69) is 17.2 Å². The van der Waals surface area contributed by atoms with Crippen molar-refractivity contribution in [2.75, 3.05) is 19.8 Å². The highest BCUT2D eigenvalue weighted by atomic mass is 16.5. The molecule has 1 aliphatic rings. The molecule has 0 aliphatic carbocycles. The number of benzene rings is 1. The molecule has 2 N–H and O–H groups in total. The summed E-state index contributed by atoms with van der Waals surface area (Å²) in [7, 11) is 0. The number of carbonyl (C=O) groups is 1. The van der Waals surface area contributed by atoms with Gasteiger partial charge in [0.25, 0.3) is 5.91 Å². The molecule has 1 unspecified atom stereocenters. The van der Waals surface area contributed by atoms with Crippen molar-refractivity contribution in [3.8, 4) is 11.8 Å². The van der Waals surface area contributed by atoms with Crippen molar-refractivity contribution in [2.24, 2.45) is 0 Å². The summed E-state index contributed by atoms with van der Waals surface area (Å²) in [5, 5.41) is 11.6.